The van der Waals surface area contributed by atoms with E-state index in [1.807, 2.05) is 18.2 Å². The van der Waals surface area contributed by atoms with E-state index in [-0.39, 0.29) is 0 Å². The van der Waals surface area contributed by atoms with Gasteiger partial charge in [-0.3, -0.25) is 9.78 Å². The highest BCUT2D eigenvalue weighted by Gasteiger charge is 2.04. The zero-order valence-corrected chi connectivity index (χ0v) is 9.40. The molecule has 0 aliphatic heterocycles. The Labute approximate surface area is 95.0 Å². The lowest BCUT2D eigenvalue weighted by Gasteiger charge is -2.08. The third-order valence-corrected chi connectivity index (χ3v) is 2.81. The fourth-order valence-corrected chi connectivity index (χ4v) is 1.73. The minimum atomic E-state index is 0.610. The van der Waals surface area contributed by atoms with E-state index in [0.717, 1.165) is 17.4 Å². The zero-order chi connectivity index (χ0) is 11.5. The highest BCUT2D eigenvalue weighted by Crippen LogP contribution is 2.24. The number of carbonyl (C=O) groups excluding carboxylic acids is 1. The molecule has 0 radical (unpaired) electrons. The summed E-state index contributed by atoms with van der Waals surface area (Å²) in [6.45, 7) is 4.16. The van der Waals surface area contributed by atoms with Gasteiger partial charge in [-0.25, -0.2) is 0 Å². The smallest absolute Gasteiger partial charge is 0.151 e. The SMILES string of the molecule is Cc1cccc(-c2cncc(C=O)c2)c1C. The van der Waals surface area contributed by atoms with Crippen LogP contribution in [0.1, 0.15) is 21.5 Å². The van der Waals surface area contributed by atoms with Gasteiger partial charge in [0.2, 0.25) is 0 Å². The van der Waals surface area contributed by atoms with Crippen LogP contribution in [0.25, 0.3) is 11.1 Å². The number of nitrogens with zero attached hydrogens (tertiary/aromatic N) is 1. The van der Waals surface area contributed by atoms with Crippen LogP contribution < -0.4 is 0 Å². The predicted octanol–water partition coefficient (Wildman–Crippen LogP) is 3.18. The van der Waals surface area contributed by atoms with Crippen LogP contribution in [0.3, 0.4) is 0 Å². The van der Waals surface area contributed by atoms with E-state index >= 15 is 0 Å². The topological polar surface area (TPSA) is 30.0 Å². The van der Waals surface area contributed by atoms with Gasteiger partial charge in [-0.2, -0.15) is 0 Å². The molecule has 2 nitrogen and oxygen atoms in total. The monoisotopic (exact) mass is 211 g/mol. The number of aromatic nitrogens is 1. The highest BCUT2D eigenvalue weighted by molar-refractivity contribution is 5.78. The molecule has 0 saturated heterocycles. The van der Waals surface area contributed by atoms with Gasteiger partial charge in [-0.15, -0.1) is 0 Å². The Kier molecular flexibility index (Phi) is 2.82. The molecule has 0 fully saturated rings. The number of benzene rings is 1. The molecule has 1 aromatic carbocycles. The van der Waals surface area contributed by atoms with Gasteiger partial charge < -0.3 is 0 Å². The van der Waals surface area contributed by atoms with Crippen molar-refractivity contribution in [1.29, 1.82) is 0 Å². The van der Waals surface area contributed by atoms with Crippen molar-refractivity contribution < 1.29 is 4.79 Å². The van der Waals surface area contributed by atoms with Crippen LogP contribution in [0, 0.1) is 13.8 Å². The van der Waals surface area contributed by atoms with Gasteiger partial charge in [0.05, 0.1) is 0 Å². The van der Waals surface area contributed by atoms with E-state index in [1.165, 1.54) is 11.1 Å². The fourth-order valence-electron chi connectivity index (χ4n) is 1.73. The van der Waals surface area contributed by atoms with Crippen LogP contribution in [0.5, 0.6) is 0 Å². The average Bonchev–Trinajstić information content (AvgIpc) is 2.33. The molecular formula is C14H13NO. The van der Waals surface area contributed by atoms with Crippen LogP contribution in [0.4, 0.5) is 0 Å². The molecule has 0 amide bonds. The van der Waals surface area contributed by atoms with Gasteiger partial charge in [-0.1, -0.05) is 18.2 Å². The minimum absolute atomic E-state index is 0.610. The first kappa shape index (κ1) is 10.6. The summed E-state index contributed by atoms with van der Waals surface area (Å²) in [5.74, 6) is 0. The van der Waals surface area contributed by atoms with Crippen LogP contribution in [-0.2, 0) is 0 Å². The molecule has 0 aliphatic carbocycles. The van der Waals surface area contributed by atoms with Crippen molar-refractivity contribution >= 4 is 6.29 Å². The quantitative estimate of drug-likeness (QED) is 0.714. The second-order valence-electron chi connectivity index (χ2n) is 3.87. The molecule has 16 heavy (non-hydrogen) atoms. The number of aryl methyl sites for hydroxylation is 1. The van der Waals surface area contributed by atoms with Crippen molar-refractivity contribution in [2.24, 2.45) is 0 Å². The first-order valence-electron chi connectivity index (χ1n) is 5.19. The fraction of sp³-hybridized carbons (Fsp3) is 0.143. The molecule has 0 spiro atoms. The maximum absolute atomic E-state index is 10.7. The highest BCUT2D eigenvalue weighted by atomic mass is 16.1. The van der Waals surface area contributed by atoms with Gasteiger partial charge in [-0.05, 0) is 36.6 Å². The van der Waals surface area contributed by atoms with E-state index < -0.39 is 0 Å². The first-order chi connectivity index (χ1) is 7.72. The molecule has 0 aliphatic rings. The number of aldehydes is 1. The molecule has 0 saturated carbocycles. The Hall–Kier alpha value is -1.96. The molecule has 2 rings (SSSR count). The number of carbonyl (C=O) groups is 1. The summed E-state index contributed by atoms with van der Waals surface area (Å²) < 4.78 is 0. The maximum Gasteiger partial charge on any atom is 0.151 e. The molecular weight excluding hydrogens is 198 g/mol. The van der Waals surface area contributed by atoms with Gasteiger partial charge >= 0.3 is 0 Å². The summed E-state index contributed by atoms with van der Waals surface area (Å²) in [4.78, 5) is 14.8. The standard InChI is InChI=1S/C14H13NO/c1-10-4-3-5-14(11(10)2)13-6-12(9-16)7-15-8-13/h3-9H,1-2H3. The third kappa shape index (κ3) is 1.87. The normalized spacial score (nSPS) is 10.1. The molecule has 0 unspecified atom stereocenters. The molecule has 0 bridgehead atoms. The molecule has 0 atom stereocenters. The number of hydrogen-bond acceptors (Lipinski definition) is 2. The lowest BCUT2D eigenvalue weighted by atomic mass is 9.98. The van der Waals surface area contributed by atoms with E-state index in [0.29, 0.717) is 5.56 Å². The molecule has 80 valence electrons. The summed E-state index contributed by atoms with van der Waals surface area (Å²) in [6.07, 6.45) is 4.18. The summed E-state index contributed by atoms with van der Waals surface area (Å²) in [7, 11) is 0. The van der Waals surface area contributed by atoms with Crippen LogP contribution in [0.2, 0.25) is 0 Å². The lowest BCUT2D eigenvalue weighted by Crippen LogP contribution is -1.90. The van der Waals surface area contributed by atoms with Crippen molar-refractivity contribution in [2.45, 2.75) is 13.8 Å². The van der Waals surface area contributed by atoms with E-state index in [2.05, 4.69) is 24.9 Å². The van der Waals surface area contributed by atoms with Crippen molar-refractivity contribution in [2.75, 3.05) is 0 Å². The third-order valence-electron chi connectivity index (χ3n) is 2.81. The summed E-state index contributed by atoms with van der Waals surface area (Å²) in [6, 6.07) is 8.01. The Morgan fingerprint density at radius 3 is 2.75 bits per heavy atom. The Morgan fingerprint density at radius 2 is 2.00 bits per heavy atom. The minimum Gasteiger partial charge on any atom is -0.298 e. The Balaban J connectivity index is 2.58. The van der Waals surface area contributed by atoms with Crippen molar-refractivity contribution in [1.82, 2.24) is 4.98 Å². The zero-order valence-electron chi connectivity index (χ0n) is 9.40. The lowest BCUT2D eigenvalue weighted by molar-refractivity contribution is 0.112. The first-order valence-corrected chi connectivity index (χ1v) is 5.19. The molecule has 1 aromatic heterocycles. The number of rotatable bonds is 2. The van der Waals surface area contributed by atoms with E-state index in [9.17, 15) is 4.79 Å². The molecule has 2 aromatic rings. The van der Waals surface area contributed by atoms with Gasteiger partial charge in [0.15, 0.2) is 6.29 Å². The molecule has 2 heteroatoms. The van der Waals surface area contributed by atoms with Crippen molar-refractivity contribution in [3.8, 4) is 11.1 Å². The summed E-state index contributed by atoms with van der Waals surface area (Å²) in [5.41, 5.74) is 5.21. The van der Waals surface area contributed by atoms with Crippen LogP contribution >= 0.6 is 0 Å². The van der Waals surface area contributed by atoms with Gasteiger partial charge in [0.1, 0.15) is 0 Å². The van der Waals surface area contributed by atoms with Gasteiger partial charge in [0.25, 0.3) is 0 Å². The number of hydrogen-bond donors (Lipinski definition) is 0. The van der Waals surface area contributed by atoms with Crippen molar-refractivity contribution in [3.05, 3.63) is 53.3 Å². The number of pyridine rings is 1. The van der Waals surface area contributed by atoms with E-state index in [1.54, 1.807) is 12.4 Å². The molecule has 1 heterocycles. The Bertz CT molecular complexity index is 532. The van der Waals surface area contributed by atoms with Gasteiger partial charge in [0, 0.05) is 23.5 Å². The second kappa shape index (κ2) is 4.27. The molecule has 0 N–H and O–H groups in total. The Morgan fingerprint density at radius 1 is 1.19 bits per heavy atom. The van der Waals surface area contributed by atoms with Crippen LogP contribution in [-0.4, -0.2) is 11.3 Å². The predicted molar refractivity (Wildman–Crippen MR) is 64.5 cm³/mol. The second-order valence-corrected chi connectivity index (χ2v) is 3.87. The largest absolute Gasteiger partial charge is 0.298 e. The average molecular weight is 211 g/mol. The maximum atomic E-state index is 10.7. The van der Waals surface area contributed by atoms with E-state index in [4.69, 9.17) is 0 Å². The summed E-state index contributed by atoms with van der Waals surface area (Å²) in [5, 5.41) is 0. The summed E-state index contributed by atoms with van der Waals surface area (Å²) >= 11 is 0. The van der Waals surface area contributed by atoms with Crippen molar-refractivity contribution in [3.63, 3.8) is 0 Å². The van der Waals surface area contributed by atoms with Crippen LogP contribution in [0.15, 0.2) is 36.7 Å².